The molecule has 3 aromatic rings. The van der Waals surface area contributed by atoms with E-state index in [1.165, 1.54) is 5.56 Å². The number of aryl methyl sites for hydroxylation is 1. The summed E-state index contributed by atoms with van der Waals surface area (Å²) in [5.41, 5.74) is 3.12. The maximum absolute atomic E-state index is 5.66. The summed E-state index contributed by atoms with van der Waals surface area (Å²) in [6.07, 6.45) is 0. The summed E-state index contributed by atoms with van der Waals surface area (Å²) in [6.45, 7) is 2.55. The molecule has 0 atom stereocenters. The average Bonchev–Trinajstić information content (AvgIpc) is 3.03. The van der Waals surface area contributed by atoms with E-state index in [2.05, 4.69) is 34.6 Å². The van der Waals surface area contributed by atoms with Crippen LogP contribution < -0.4 is 10.1 Å². The van der Waals surface area contributed by atoms with Crippen LogP contribution in [0.2, 0.25) is 0 Å². The van der Waals surface area contributed by atoms with Crippen LogP contribution >= 0.6 is 0 Å². The molecule has 2 aromatic carbocycles. The molecule has 0 amide bonds. The Morgan fingerprint density at radius 1 is 1.00 bits per heavy atom. The lowest BCUT2D eigenvalue weighted by molar-refractivity contribution is 0.415. The quantitative estimate of drug-likeness (QED) is 0.778. The van der Waals surface area contributed by atoms with Gasteiger partial charge < -0.3 is 14.5 Å². The molecule has 0 bridgehead atoms. The molecular formula is C17H17N3O2. The van der Waals surface area contributed by atoms with Crippen molar-refractivity contribution in [2.24, 2.45) is 0 Å². The van der Waals surface area contributed by atoms with Gasteiger partial charge in [0.25, 0.3) is 0 Å². The van der Waals surface area contributed by atoms with Crippen LogP contribution in [0.15, 0.2) is 52.9 Å². The van der Waals surface area contributed by atoms with Gasteiger partial charge in [0.2, 0.25) is 11.8 Å². The Labute approximate surface area is 129 Å². The Hall–Kier alpha value is -2.82. The van der Waals surface area contributed by atoms with E-state index in [1.807, 2.05) is 36.4 Å². The SMILES string of the molecule is COc1ccc(-c2nnc(CNc3ccc(C)cc3)o2)cc1. The molecule has 0 fully saturated rings. The van der Waals surface area contributed by atoms with Gasteiger partial charge in [-0.2, -0.15) is 0 Å². The third kappa shape index (κ3) is 3.25. The van der Waals surface area contributed by atoms with Gasteiger partial charge in [0, 0.05) is 11.3 Å². The Morgan fingerprint density at radius 3 is 2.41 bits per heavy atom. The number of ether oxygens (including phenoxy) is 1. The minimum absolute atomic E-state index is 0.492. The molecule has 0 aliphatic heterocycles. The first-order valence-electron chi connectivity index (χ1n) is 7.02. The first-order chi connectivity index (χ1) is 10.7. The Bertz CT molecular complexity index is 733. The lowest BCUT2D eigenvalue weighted by Crippen LogP contribution is -1.99. The molecule has 0 aliphatic carbocycles. The van der Waals surface area contributed by atoms with Gasteiger partial charge in [-0.3, -0.25) is 0 Å². The van der Waals surface area contributed by atoms with E-state index in [1.54, 1.807) is 7.11 Å². The molecule has 112 valence electrons. The molecule has 0 spiro atoms. The molecule has 0 saturated carbocycles. The molecule has 5 heteroatoms. The second kappa shape index (κ2) is 6.30. The second-order valence-corrected chi connectivity index (χ2v) is 4.95. The Balaban J connectivity index is 1.66. The third-order valence-electron chi connectivity index (χ3n) is 3.30. The molecule has 1 aromatic heterocycles. The molecule has 0 unspecified atom stereocenters. The normalized spacial score (nSPS) is 10.5. The molecule has 0 radical (unpaired) electrons. The number of methoxy groups -OCH3 is 1. The molecule has 5 nitrogen and oxygen atoms in total. The minimum atomic E-state index is 0.492. The highest BCUT2D eigenvalue weighted by molar-refractivity contribution is 5.54. The van der Waals surface area contributed by atoms with Crippen molar-refractivity contribution < 1.29 is 9.15 Å². The first-order valence-corrected chi connectivity index (χ1v) is 7.02. The zero-order chi connectivity index (χ0) is 15.4. The molecule has 1 N–H and O–H groups in total. The summed E-state index contributed by atoms with van der Waals surface area (Å²) in [7, 11) is 1.64. The molecular weight excluding hydrogens is 278 g/mol. The fourth-order valence-electron chi connectivity index (χ4n) is 2.02. The van der Waals surface area contributed by atoms with Gasteiger partial charge in [-0.1, -0.05) is 17.7 Å². The first kappa shape index (κ1) is 14.1. The number of rotatable bonds is 5. The highest BCUT2D eigenvalue weighted by Crippen LogP contribution is 2.21. The summed E-state index contributed by atoms with van der Waals surface area (Å²) in [5, 5.41) is 11.4. The maximum atomic E-state index is 5.66. The smallest absolute Gasteiger partial charge is 0.247 e. The van der Waals surface area contributed by atoms with Crippen molar-refractivity contribution in [1.29, 1.82) is 0 Å². The van der Waals surface area contributed by atoms with Gasteiger partial charge in [0.05, 0.1) is 13.7 Å². The number of nitrogens with one attached hydrogen (secondary N) is 1. The molecule has 1 heterocycles. The van der Waals surface area contributed by atoms with Crippen molar-refractivity contribution in [1.82, 2.24) is 10.2 Å². The van der Waals surface area contributed by atoms with E-state index < -0.39 is 0 Å². The van der Waals surface area contributed by atoms with Gasteiger partial charge in [-0.15, -0.1) is 10.2 Å². The maximum Gasteiger partial charge on any atom is 0.247 e. The lowest BCUT2D eigenvalue weighted by atomic mass is 10.2. The fraction of sp³-hybridized carbons (Fsp3) is 0.176. The second-order valence-electron chi connectivity index (χ2n) is 4.95. The molecule has 0 saturated heterocycles. The van der Waals surface area contributed by atoms with Gasteiger partial charge >= 0.3 is 0 Å². The van der Waals surface area contributed by atoms with Crippen molar-refractivity contribution in [3.63, 3.8) is 0 Å². The third-order valence-corrected chi connectivity index (χ3v) is 3.30. The van der Waals surface area contributed by atoms with Crippen molar-refractivity contribution >= 4 is 5.69 Å². The van der Waals surface area contributed by atoms with Crippen LogP contribution in [0.25, 0.3) is 11.5 Å². The highest BCUT2D eigenvalue weighted by atomic mass is 16.5. The lowest BCUT2D eigenvalue weighted by Gasteiger charge is -2.03. The number of benzene rings is 2. The monoisotopic (exact) mass is 295 g/mol. The fourth-order valence-corrected chi connectivity index (χ4v) is 2.02. The molecule has 0 aliphatic rings. The standard InChI is InChI=1S/C17H17N3O2/c1-12-3-7-14(8-4-12)18-11-16-19-20-17(22-16)13-5-9-15(21-2)10-6-13/h3-10,18H,11H2,1-2H3. The number of anilines is 1. The van der Waals surface area contributed by atoms with Crippen LogP contribution in [0.3, 0.4) is 0 Å². The minimum Gasteiger partial charge on any atom is -0.497 e. The van der Waals surface area contributed by atoms with Crippen LogP contribution in [0.1, 0.15) is 11.5 Å². The van der Waals surface area contributed by atoms with E-state index in [9.17, 15) is 0 Å². The number of hydrogen-bond acceptors (Lipinski definition) is 5. The van der Waals surface area contributed by atoms with E-state index in [0.29, 0.717) is 18.3 Å². The molecule has 22 heavy (non-hydrogen) atoms. The van der Waals surface area contributed by atoms with Crippen molar-refractivity contribution in [3.05, 3.63) is 60.0 Å². The van der Waals surface area contributed by atoms with E-state index in [-0.39, 0.29) is 0 Å². The predicted molar refractivity (Wildman–Crippen MR) is 84.8 cm³/mol. The largest absolute Gasteiger partial charge is 0.497 e. The van der Waals surface area contributed by atoms with Crippen molar-refractivity contribution in [2.45, 2.75) is 13.5 Å². The number of nitrogens with zero attached hydrogens (tertiary/aromatic N) is 2. The van der Waals surface area contributed by atoms with Crippen LogP contribution in [0.5, 0.6) is 5.75 Å². The summed E-state index contributed by atoms with van der Waals surface area (Å²) in [5.74, 6) is 1.85. The number of aromatic nitrogens is 2. The van der Waals surface area contributed by atoms with E-state index >= 15 is 0 Å². The summed E-state index contributed by atoms with van der Waals surface area (Å²) < 4.78 is 10.8. The Morgan fingerprint density at radius 2 is 1.73 bits per heavy atom. The zero-order valence-corrected chi connectivity index (χ0v) is 12.5. The zero-order valence-electron chi connectivity index (χ0n) is 12.5. The van der Waals surface area contributed by atoms with Crippen LogP contribution in [-0.4, -0.2) is 17.3 Å². The van der Waals surface area contributed by atoms with Gasteiger partial charge in [-0.25, -0.2) is 0 Å². The summed E-state index contributed by atoms with van der Waals surface area (Å²) in [4.78, 5) is 0. The van der Waals surface area contributed by atoms with Crippen LogP contribution in [-0.2, 0) is 6.54 Å². The van der Waals surface area contributed by atoms with Crippen molar-refractivity contribution in [2.75, 3.05) is 12.4 Å². The van der Waals surface area contributed by atoms with Gasteiger partial charge in [-0.05, 0) is 43.3 Å². The van der Waals surface area contributed by atoms with Gasteiger partial charge in [0.1, 0.15) is 5.75 Å². The topological polar surface area (TPSA) is 60.2 Å². The van der Waals surface area contributed by atoms with Crippen LogP contribution in [0.4, 0.5) is 5.69 Å². The summed E-state index contributed by atoms with van der Waals surface area (Å²) >= 11 is 0. The van der Waals surface area contributed by atoms with Crippen LogP contribution in [0, 0.1) is 6.92 Å². The number of hydrogen-bond donors (Lipinski definition) is 1. The van der Waals surface area contributed by atoms with Crippen molar-refractivity contribution in [3.8, 4) is 17.2 Å². The van der Waals surface area contributed by atoms with E-state index in [4.69, 9.17) is 9.15 Å². The predicted octanol–water partition coefficient (Wildman–Crippen LogP) is 3.67. The highest BCUT2D eigenvalue weighted by Gasteiger charge is 2.08. The van der Waals surface area contributed by atoms with Gasteiger partial charge in [0.15, 0.2) is 0 Å². The average molecular weight is 295 g/mol. The summed E-state index contributed by atoms with van der Waals surface area (Å²) in [6, 6.07) is 15.7. The van der Waals surface area contributed by atoms with E-state index in [0.717, 1.165) is 17.0 Å². The Kier molecular flexibility index (Phi) is 4.05. The molecule has 3 rings (SSSR count).